The van der Waals surface area contributed by atoms with Gasteiger partial charge in [0.05, 0.1) is 6.61 Å². The summed E-state index contributed by atoms with van der Waals surface area (Å²) in [6, 6.07) is 0.752. The summed E-state index contributed by atoms with van der Waals surface area (Å²) in [5.41, 5.74) is 0. The molecule has 6 nitrogen and oxygen atoms in total. The molecule has 1 amide bonds. The summed E-state index contributed by atoms with van der Waals surface area (Å²) in [6.07, 6.45) is 1.72. The van der Waals surface area contributed by atoms with Crippen LogP contribution in [-0.4, -0.2) is 48.2 Å². The fourth-order valence-corrected chi connectivity index (χ4v) is 3.40. The van der Waals surface area contributed by atoms with Gasteiger partial charge in [0.1, 0.15) is 0 Å². The number of nitrogens with zero attached hydrogens (tertiary/aromatic N) is 1. The van der Waals surface area contributed by atoms with Crippen molar-refractivity contribution in [2.75, 3.05) is 20.3 Å². The third-order valence-electron chi connectivity index (χ3n) is 2.70. The monoisotopic (exact) mass is 308 g/mol. The lowest BCUT2D eigenvalue weighted by molar-refractivity contribution is 0.191. The summed E-state index contributed by atoms with van der Waals surface area (Å²) in [5, 5.41) is 10.8. The first kappa shape index (κ1) is 19.6. The van der Waals surface area contributed by atoms with Gasteiger partial charge < -0.3 is 19.5 Å². The summed E-state index contributed by atoms with van der Waals surface area (Å²) in [4.78, 5) is 10.3. The predicted octanol–water partition coefficient (Wildman–Crippen LogP) is 3.43. The first-order chi connectivity index (χ1) is 9.40. The van der Waals surface area contributed by atoms with E-state index in [1.807, 2.05) is 0 Å². The van der Waals surface area contributed by atoms with E-state index in [0.717, 1.165) is 19.3 Å². The second kappa shape index (κ2) is 11.3. The smallest absolute Gasteiger partial charge is 0.404 e. The molecular formula is C13H29N2O4P. The number of nitrogens with one attached hydrogen (secondary N) is 1. The lowest BCUT2D eigenvalue weighted by Crippen LogP contribution is -2.33. The van der Waals surface area contributed by atoms with E-state index in [1.165, 1.54) is 0 Å². The standard InChI is InChI=1S/C13H29N2O4P/c1-11(2)15(12(3)4)20(18-5)19-10-8-6-7-9-14-13(16)17/h11-12,14H,6-10H2,1-5H3,(H,16,17). The van der Waals surface area contributed by atoms with E-state index in [1.54, 1.807) is 7.11 Å². The maximum atomic E-state index is 10.3. The average molecular weight is 308 g/mol. The van der Waals surface area contributed by atoms with Crippen LogP contribution in [0.2, 0.25) is 0 Å². The van der Waals surface area contributed by atoms with E-state index in [4.69, 9.17) is 14.2 Å². The third kappa shape index (κ3) is 8.69. The van der Waals surface area contributed by atoms with Crippen molar-refractivity contribution in [2.24, 2.45) is 0 Å². The Balaban J connectivity index is 3.86. The minimum atomic E-state index is -1.01. The molecule has 0 radical (unpaired) electrons. The normalized spacial score (nSPS) is 13.2. The van der Waals surface area contributed by atoms with Gasteiger partial charge in [-0.1, -0.05) is 0 Å². The number of rotatable bonds is 11. The minimum Gasteiger partial charge on any atom is -0.465 e. The molecule has 0 heterocycles. The highest BCUT2D eigenvalue weighted by molar-refractivity contribution is 7.44. The lowest BCUT2D eigenvalue weighted by Gasteiger charge is -2.34. The molecule has 0 aliphatic heterocycles. The van der Waals surface area contributed by atoms with Gasteiger partial charge in [-0.05, 0) is 47.0 Å². The molecule has 0 spiro atoms. The zero-order valence-corrected chi connectivity index (χ0v) is 14.2. The topological polar surface area (TPSA) is 71.0 Å². The molecular weight excluding hydrogens is 279 g/mol. The van der Waals surface area contributed by atoms with E-state index in [9.17, 15) is 4.79 Å². The molecule has 1 unspecified atom stereocenters. The van der Waals surface area contributed by atoms with E-state index < -0.39 is 14.6 Å². The largest absolute Gasteiger partial charge is 0.465 e. The van der Waals surface area contributed by atoms with Crippen LogP contribution < -0.4 is 5.32 Å². The summed E-state index contributed by atoms with van der Waals surface area (Å²) in [6.45, 7) is 9.68. The summed E-state index contributed by atoms with van der Waals surface area (Å²) in [7, 11) is 0.669. The van der Waals surface area contributed by atoms with Gasteiger partial charge in [-0.3, -0.25) is 0 Å². The second-order valence-corrected chi connectivity index (χ2v) is 6.67. The summed E-state index contributed by atoms with van der Waals surface area (Å²) >= 11 is 0. The molecule has 0 bridgehead atoms. The van der Waals surface area contributed by atoms with Crippen LogP contribution in [-0.2, 0) is 9.05 Å². The van der Waals surface area contributed by atoms with E-state index >= 15 is 0 Å². The Bertz CT molecular complexity index is 257. The van der Waals surface area contributed by atoms with Crippen LogP contribution in [0.3, 0.4) is 0 Å². The molecule has 0 aromatic rings. The Hall–Kier alpha value is -0.420. The van der Waals surface area contributed by atoms with Crippen LogP contribution in [0.25, 0.3) is 0 Å². The van der Waals surface area contributed by atoms with Crippen LogP contribution >= 0.6 is 8.53 Å². The Morgan fingerprint density at radius 3 is 2.25 bits per heavy atom. The average Bonchev–Trinajstić information content (AvgIpc) is 2.34. The number of hydrogen-bond acceptors (Lipinski definition) is 4. The minimum absolute atomic E-state index is 0.376. The summed E-state index contributed by atoms with van der Waals surface area (Å²) in [5.74, 6) is 0. The van der Waals surface area contributed by atoms with Crippen molar-refractivity contribution >= 4 is 14.6 Å². The van der Waals surface area contributed by atoms with Gasteiger partial charge in [0, 0.05) is 25.7 Å². The molecule has 120 valence electrons. The SMILES string of the molecule is COP(OCCCCCNC(=O)O)N(C(C)C)C(C)C. The Morgan fingerprint density at radius 1 is 1.20 bits per heavy atom. The van der Waals surface area contributed by atoms with Crippen molar-refractivity contribution in [3.05, 3.63) is 0 Å². The molecule has 2 N–H and O–H groups in total. The highest BCUT2D eigenvalue weighted by Crippen LogP contribution is 2.45. The molecule has 1 atom stereocenters. The van der Waals surface area contributed by atoms with Gasteiger partial charge in [-0.2, -0.15) is 0 Å². The van der Waals surface area contributed by atoms with Crippen molar-refractivity contribution in [1.29, 1.82) is 0 Å². The lowest BCUT2D eigenvalue weighted by atomic mass is 10.2. The van der Waals surface area contributed by atoms with Crippen molar-refractivity contribution in [3.8, 4) is 0 Å². The van der Waals surface area contributed by atoms with Gasteiger partial charge in [-0.15, -0.1) is 0 Å². The molecule has 0 rings (SSSR count). The number of amides is 1. The first-order valence-corrected chi connectivity index (χ1v) is 8.25. The second-order valence-electron chi connectivity index (χ2n) is 5.11. The number of carboxylic acid groups (broad SMARTS) is 1. The van der Waals surface area contributed by atoms with Crippen molar-refractivity contribution in [3.63, 3.8) is 0 Å². The predicted molar refractivity (Wildman–Crippen MR) is 81.9 cm³/mol. The van der Waals surface area contributed by atoms with E-state index in [2.05, 4.69) is 37.7 Å². The molecule has 0 saturated carbocycles. The Morgan fingerprint density at radius 2 is 1.80 bits per heavy atom. The fraction of sp³-hybridized carbons (Fsp3) is 0.923. The molecule has 20 heavy (non-hydrogen) atoms. The Kier molecular flexibility index (Phi) is 11.0. The first-order valence-electron chi connectivity index (χ1n) is 7.12. The molecule has 0 aromatic heterocycles. The Labute approximate surface area is 123 Å². The van der Waals surface area contributed by atoms with Crippen LogP contribution in [0.15, 0.2) is 0 Å². The maximum absolute atomic E-state index is 10.3. The van der Waals surface area contributed by atoms with Crippen LogP contribution in [0.1, 0.15) is 47.0 Å². The quantitative estimate of drug-likeness (QED) is 0.452. The van der Waals surface area contributed by atoms with E-state index in [0.29, 0.717) is 25.2 Å². The zero-order valence-electron chi connectivity index (χ0n) is 13.3. The fourth-order valence-electron chi connectivity index (χ4n) is 1.93. The highest BCUT2D eigenvalue weighted by atomic mass is 31.2. The molecule has 0 aliphatic rings. The number of hydrogen-bond donors (Lipinski definition) is 2. The van der Waals surface area contributed by atoms with Gasteiger partial charge in [0.15, 0.2) is 0 Å². The van der Waals surface area contributed by atoms with Crippen molar-refractivity contribution < 1.29 is 18.9 Å². The number of carbonyl (C=O) groups is 1. The van der Waals surface area contributed by atoms with Crippen LogP contribution in [0.4, 0.5) is 4.79 Å². The van der Waals surface area contributed by atoms with Crippen LogP contribution in [0, 0.1) is 0 Å². The number of unbranched alkanes of at least 4 members (excludes halogenated alkanes) is 2. The van der Waals surface area contributed by atoms with Gasteiger partial charge in [-0.25, -0.2) is 9.46 Å². The van der Waals surface area contributed by atoms with Crippen molar-refractivity contribution in [2.45, 2.75) is 59.0 Å². The molecule has 0 aromatic carbocycles. The third-order valence-corrected chi connectivity index (χ3v) is 4.72. The van der Waals surface area contributed by atoms with E-state index in [-0.39, 0.29) is 0 Å². The van der Waals surface area contributed by atoms with Gasteiger partial charge in [0.25, 0.3) is 8.53 Å². The van der Waals surface area contributed by atoms with Crippen molar-refractivity contribution in [1.82, 2.24) is 9.99 Å². The van der Waals surface area contributed by atoms with Gasteiger partial charge >= 0.3 is 6.09 Å². The summed E-state index contributed by atoms with van der Waals surface area (Å²) < 4.78 is 13.5. The molecule has 7 heteroatoms. The molecule has 0 saturated heterocycles. The zero-order chi connectivity index (χ0) is 15.5. The van der Waals surface area contributed by atoms with Crippen LogP contribution in [0.5, 0.6) is 0 Å². The highest BCUT2D eigenvalue weighted by Gasteiger charge is 2.25. The van der Waals surface area contributed by atoms with Gasteiger partial charge in [0.2, 0.25) is 0 Å². The molecule has 0 fully saturated rings. The molecule has 0 aliphatic carbocycles. The maximum Gasteiger partial charge on any atom is 0.404 e.